The topological polar surface area (TPSA) is 81.4 Å². The highest BCUT2D eigenvalue weighted by Crippen LogP contribution is 2.18. The molecule has 2 rings (SSSR count). The van der Waals surface area contributed by atoms with E-state index in [1.807, 2.05) is 30.3 Å². The third kappa shape index (κ3) is 3.97. The van der Waals surface area contributed by atoms with Gasteiger partial charge in [-0.1, -0.05) is 25.1 Å². The summed E-state index contributed by atoms with van der Waals surface area (Å²) in [4.78, 5) is 28.2. The molecular weight excluding hydrogens is 296 g/mol. The fraction of sp³-hybridized carbons (Fsp3) is 0.353. The van der Waals surface area contributed by atoms with E-state index >= 15 is 0 Å². The number of carbonyl (C=O) groups is 2. The van der Waals surface area contributed by atoms with Crippen molar-refractivity contribution < 1.29 is 18.7 Å². The first-order valence-corrected chi connectivity index (χ1v) is 7.37. The maximum Gasteiger partial charge on any atom is 0.331 e. The van der Waals surface area contributed by atoms with Crippen LogP contribution in [0.5, 0.6) is 0 Å². The Labute approximate surface area is 134 Å². The van der Waals surface area contributed by atoms with Gasteiger partial charge in [0.1, 0.15) is 11.8 Å². The maximum absolute atomic E-state index is 12.2. The number of esters is 1. The molecule has 0 saturated carbocycles. The SMILES string of the molecule is CC[C@@](C)(NC(=O)Cc1coc(-c2ccccc2)n1)C(=O)OC. The van der Waals surface area contributed by atoms with Crippen molar-refractivity contribution in [3.63, 3.8) is 0 Å². The summed E-state index contributed by atoms with van der Waals surface area (Å²) in [5, 5.41) is 2.70. The largest absolute Gasteiger partial charge is 0.467 e. The van der Waals surface area contributed by atoms with Crippen LogP contribution in [0.15, 0.2) is 41.0 Å². The van der Waals surface area contributed by atoms with Crippen molar-refractivity contribution in [2.45, 2.75) is 32.2 Å². The van der Waals surface area contributed by atoms with Crippen LogP contribution in [0.4, 0.5) is 0 Å². The van der Waals surface area contributed by atoms with Gasteiger partial charge in [-0.05, 0) is 25.5 Å². The van der Waals surface area contributed by atoms with E-state index in [1.165, 1.54) is 13.4 Å². The predicted octanol–water partition coefficient (Wildman–Crippen LogP) is 2.34. The van der Waals surface area contributed by atoms with Gasteiger partial charge >= 0.3 is 5.97 Å². The molecule has 122 valence electrons. The Balaban J connectivity index is 2.04. The fourth-order valence-electron chi connectivity index (χ4n) is 2.13. The van der Waals surface area contributed by atoms with E-state index in [4.69, 9.17) is 9.15 Å². The van der Waals surface area contributed by atoms with Crippen LogP contribution in [0.3, 0.4) is 0 Å². The highest BCUT2D eigenvalue weighted by Gasteiger charge is 2.34. The Hall–Kier alpha value is -2.63. The van der Waals surface area contributed by atoms with Gasteiger partial charge in [0.05, 0.1) is 19.2 Å². The molecule has 0 unspecified atom stereocenters. The van der Waals surface area contributed by atoms with Crippen LogP contribution in [-0.2, 0) is 20.7 Å². The number of nitrogens with one attached hydrogen (secondary N) is 1. The van der Waals surface area contributed by atoms with E-state index in [0.29, 0.717) is 18.0 Å². The molecule has 23 heavy (non-hydrogen) atoms. The van der Waals surface area contributed by atoms with E-state index < -0.39 is 11.5 Å². The minimum atomic E-state index is -1.04. The molecule has 1 heterocycles. The first-order valence-electron chi connectivity index (χ1n) is 7.37. The van der Waals surface area contributed by atoms with Crippen molar-refractivity contribution in [2.75, 3.05) is 7.11 Å². The summed E-state index contributed by atoms with van der Waals surface area (Å²) in [6, 6.07) is 9.42. The molecule has 0 aliphatic carbocycles. The minimum Gasteiger partial charge on any atom is -0.467 e. The molecule has 0 radical (unpaired) electrons. The van der Waals surface area contributed by atoms with Crippen molar-refractivity contribution >= 4 is 11.9 Å². The Morgan fingerprint density at radius 1 is 1.30 bits per heavy atom. The number of hydrogen-bond acceptors (Lipinski definition) is 5. The van der Waals surface area contributed by atoms with Crippen LogP contribution >= 0.6 is 0 Å². The van der Waals surface area contributed by atoms with E-state index in [0.717, 1.165) is 5.56 Å². The molecule has 0 aliphatic heterocycles. The zero-order valence-corrected chi connectivity index (χ0v) is 13.5. The molecule has 1 N–H and O–H groups in total. The van der Waals surface area contributed by atoms with Gasteiger partial charge in [-0.3, -0.25) is 4.79 Å². The number of aromatic nitrogens is 1. The number of methoxy groups -OCH3 is 1. The summed E-state index contributed by atoms with van der Waals surface area (Å²) in [7, 11) is 1.30. The molecule has 0 bridgehead atoms. The second-order valence-electron chi connectivity index (χ2n) is 5.41. The number of ether oxygens (including phenoxy) is 1. The van der Waals surface area contributed by atoms with Crippen LogP contribution in [0.25, 0.3) is 11.5 Å². The number of benzene rings is 1. The minimum absolute atomic E-state index is 0.0307. The molecule has 1 atom stereocenters. The van der Waals surface area contributed by atoms with Crippen molar-refractivity contribution in [2.24, 2.45) is 0 Å². The maximum atomic E-state index is 12.2. The lowest BCUT2D eigenvalue weighted by atomic mass is 9.99. The summed E-state index contributed by atoms with van der Waals surface area (Å²) in [6.07, 6.45) is 1.91. The molecule has 0 saturated heterocycles. The fourth-order valence-corrected chi connectivity index (χ4v) is 2.13. The lowest BCUT2D eigenvalue weighted by molar-refractivity contribution is -0.150. The van der Waals surface area contributed by atoms with E-state index in [1.54, 1.807) is 13.8 Å². The average Bonchev–Trinajstić information content (AvgIpc) is 3.02. The average molecular weight is 316 g/mol. The summed E-state index contributed by atoms with van der Waals surface area (Å²) >= 11 is 0. The second-order valence-corrected chi connectivity index (χ2v) is 5.41. The van der Waals surface area contributed by atoms with Gasteiger partial charge in [0.25, 0.3) is 0 Å². The summed E-state index contributed by atoms with van der Waals surface area (Å²) in [5.41, 5.74) is 0.300. The molecular formula is C17H20N2O4. The van der Waals surface area contributed by atoms with Crippen LogP contribution in [0.1, 0.15) is 26.0 Å². The Morgan fingerprint density at radius 3 is 2.61 bits per heavy atom. The second kappa shape index (κ2) is 7.09. The van der Waals surface area contributed by atoms with Gasteiger partial charge < -0.3 is 14.5 Å². The number of oxazole rings is 1. The van der Waals surface area contributed by atoms with Gasteiger partial charge in [-0.2, -0.15) is 0 Å². The zero-order valence-electron chi connectivity index (χ0n) is 13.5. The summed E-state index contributed by atoms with van der Waals surface area (Å²) in [5.74, 6) is -0.328. The Morgan fingerprint density at radius 2 is 2.00 bits per heavy atom. The number of hydrogen-bond donors (Lipinski definition) is 1. The normalized spacial score (nSPS) is 13.2. The first-order chi connectivity index (χ1) is 11.0. The van der Waals surface area contributed by atoms with E-state index in [-0.39, 0.29) is 12.3 Å². The lowest BCUT2D eigenvalue weighted by Gasteiger charge is -2.26. The van der Waals surface area contributed by atoms with Gasteiger partial charge in [0.15, 0.2) is 0 Å². The highest BCUT2D eigenvalue weighted by atomic mass is 16.5. The van der Waals surface area contributed by atoms with Crippen LogP contribution in [-0.4, -0.2) is 29.5 Å². The van der Waals surface area contributed by atoms with Crippen LogP contribution in [0, 0.1) is 0 Å². The van der Waals surface area contributed by atoms with Crippen molar-refractivity contribution in [1.29, 1.82) is 0 Å². The standard InChI is InChI=1S/C17H20N2O4/c1-4-17(2,16(21)22-3)19-14(20)10-13-11-23-15(18-13)12-8-6-5-7-9-12/h5-9,11H,4,10H2,1-3H3,(H,19,20)/t17-/m1/s1. The van der Waals surface area contributed by atoms with Gasteiger partial charge in [-0.25, -0.2) is 9.78 Å². The Bertz CT molecular complexity index is 681. The zero-order chi connectivity index (χ0) is 16.9. The van der Waals surface area contributed by atoms with Crippen LogP contribution < -0.4 is 5.32 Å². The molecule has 0 fully saturated rings. The molecule has 1 amide bonds. The number of rotatable bonds is 6. The van der Waals surface area contributed by atoms with Gasteiger partial charge in [0.2, 0.25) is 11.8 Å². The van der Waals surface area contributed by atoms with Crippen molar-refractivity contribution in [3.8, 4) is 11.5 Å². The van der Waals surface area contributed by atoms with Crippen molar-refractivity contribution in [1.82, 2.24) is 10.3 Å². The third-order valence-corrected chi connectivity index (χ3v) is 3.67. The monoisotopic (exact) mass is 316 g/mol. The molecule has 0 spiro atoms. The predicted molar refractivity (Wildman–Crippen MR) is 84.5 cm³/mol. The first kappa shape index (κ1) is 16.7. The molecule has 0 aliphatic rings. The third-order valence-electron chi connectivity index (χ3n) is 3.67. The summed E-state index contributed by atoms with van der Waals surface area (Å²) in [6.45, 7) is 3.44. The molecule has 1 aromatic heterocycles. The molecule has 1 aromatic carbocycles. The van der Waals surface area contributed by atoms with E-state index in [9.17, 15) is 9.59 Å². The van der Waals surface area contributed by atoms with Crippen LogP contribution in [0.2, 0.25) is 0 Å². The smallest absolute Gasteiger partial charge is 0.331 e. The van der Waals surface area contributed by atoms with Crippen molar-refractivity contribution in [3.05, 3.63) is 42.3 Å². The van der Waals surface area contributed by atoms with Gasteiger partial charge in [-0.15, -0.1) is 0 Å². The number of amides is 1. The summed E-state index contributed by atoms with van der Waals surface area (Å²) < 4.78 is 10.1. The quantitative estimate of drug-likeness (QED) is 0.827. The number of carbonyl (C=O) groups excluding carboxylic acids is 2. The lowest BCUT2D eigenvalue weighted by Crippen LogP contribution is -2.52. The molecule has 6 nitrogen and oxygen atoms in total. The molecule has 2 aromatic rings. The molecule has 6 heteroatoms. The Kier molecular flexibility index (Phi) is 5.16. The highest BCUT2D eigenvalue weighted by molar-refractivity contribution is 5.88. The van der Waals surface area contributed by atoms with Gasteiger partial charge in [0, 0.05) is 5.56 Å². The van der Waals surface area contributed by atoms with E-state index in [2.05, 4.69) is 10.3 Å². The number of nitrogens with zero attached hydrogens (tertiary/aromatic N) is 1.